The lowest BCUT2D eigenvalue weighted by Crippen LogP contribution is -2.37. The summed E-state index contributed by atoms with van der Waals surface area (Å²) in [5, 5.41) is 4.00. The van der Waals surface area contributed by atoms with Crippen molar-refractivity contribution in [3.63, 3.8) is 0 Å². The number of carbonyl (C=O) groups excluding carboxylic acids is 1. The number of halogens is 3. The largest absolute Gasteiger partial charge is 0.483 e. The van der Waals surface area contributed by atoms with Gasteiger partial charge in [-0.25, -0.2) is 4.39 Å². The maximum Gasteiger partial charge on any atom is 0.211 e. The third-order valence-corrected chi connectivity index (χ3v) is 9.56. The molecule has 0 aromatic heterocycles. The maximum atomic E-state index is 14.8. The van der Waals surface area contributed by atoms with Gasteiger partial charge in [0.05, 0.1) is 0 Å². The van der Waals surface area contributed by atoms with Crippen LogP contribution in [0.5, 0.6) is 5.75 Å². The van der Waals surface area contributed by atoms with Gasteiger partial charge < -0.3 is 10.1 Å². The van der Waals surface area contributed by atoms with Crippen LogP contribution in [0.15, 0.2) is 78.4 Å². The summed E-state index contributed by atoms with van der Waals surface area (Å²) in [7, 11) is 0. The minimum absolute atomic E-state index is 0.173. The highest BCUT2D eigenvalue weighted by atomic mass is 35.5. The van der Waals surface area contributed by atoms with Gasteiger partial charge in [0.2, 0.25) is 6.41 Å². The van der Waals surface area contributed by atoms with E-state index in [0.717, 1.165) is 59.3 Å². The number of hydrogen-bond acceptors (Lipinski definition) is 2. The van der Waals surface area contributed by atoms with Crippen LogP contribution in [0.3, 0.4) is 0 Å². The number of aryl methyl sites for hydroxylation is 1. The molecule has 0 bridgehead atoms. The van der Waals surface area contributed by atoms with Gasteiger partial charge in [-0.3, -0.25) is 4.79 Å². The van der Waals surface area contributed by atoms with E-state index in [2.05, 4.69) is 45.7 Å². The van der Waals surface area contributed by atoms with E-state index in [1.54, 1.807) is 12.1 Å². The molecule has 3 aromatic rings. The smallest absolute Gasteiger partial charge is 0.211 e. The maximum absolute atomic E-state index is 14.8. The Morgan fingerprint density at radius 1 is 0.978 bits per heavy atom. The van der Waals surface area contributed by atoms with Crippen molar-refractivity contribution in [3.8, 4) is 5.75 Å². The molecule has 0 heterocycles. The summed E-state index contributed by atoms with van der Waals surface area (Å²) in [6.07, 6.45) is 7.03. The molecular formula is C39H48Cl2FNO2. The van der Waals surface area contributed by atoms with Crippen molar-refractivity contribution in [2.45, 2.75) is 104 Å². The van der Waals surface area contributed by atoms with Crippen LogP contribution in [0.4, 0.5) is 10.1 Å². The summed E-state index contributed by atoms with van der Waals surface area (Å²) >= 11 is 13.2. The molecule has 45 heavy (non-hydrogen) atoms. The van der Waals surface area contributed by atoms with Crippen LogP contribution >= 0.6 is 23.2 Å². The van der Waals surface area contributed by atoms with Crippen molar-refractivity contribution in [1.82, 2.24) is 0 Å². The fourth-order valence-electron chi connectivity index (χ4n) is 6.69. The molecule has 0 spiro atoms. The molecule has 6 heteroatoms. The Bertz CT molecular complexity index is 1510. The van der Waals surface area contributed by atoms with Crippen molar-refractivity contribution in [2.24, 2.45) is 0 Å². The molecule has 3 unspecified atom stereocenters. The molecule has 0 aliphatic rings. The van der Waals surface area contributed by atoms with E-state index in [0.29, 0.717) is 28.6 Å². The molecule has 3 atom stereocenters. The third kappa shape index (κ3) is 8.80. The Balaban J connectivity index is 2.42. The van der Waals surface area contributed by atoms with E-state index in [1.807, 2.05) is 57.2 Å². The highest BCUT2D eigenvalue weighted by molar-refractivity contribution is 6.31. The molecule has 3 nitrogen and oxygen atoms in total. The Kier molecular flexibility index (Phi) is 13.3. The van der Waals surface area contributed by atoms with E-state index < -0.39 is 5.60 Å². The van der Waals surface area contributed by atoms with Gasteiger partial charge in [-0.1, -0.05) is 87.2 Å². The molecule has 0 saturated heterocycles. The highest BCUT2D eigenvalue weighted by Crippen LogP contribution is 2.52. The first-order valence-electron chi connectivity index (χ1n) is 15.9. The Labute approximate surface area is 279 Å². The number of nitrogens with one attached hydrogen (secondary N) is 1. The fourth-order valence-corrected chi connectivity index (χ4v) is 7.05. The summed E-state index contributed by atoms with van der Waals surface area (Å²) in [6, 6.07) is 16.4. The summed E-state index contributed by atoms with van der Waals surface area (Å²) in [5.41, 5.74) is 6.00. The van der Waals surface area contributed by atoms with E-state index >= 15 is 0 Å². The van der Waals surface area contributed by atoms with Crippen LogP contribution in [-0.2, 0) is 4.79 Å². The molecular weight excluding hydrogens is 604 g/mol. The van der Waals surface area contributed by atoms with Crippen LogP contribution in [0.25, 0.3) is 0 Å². The summed E-state index contributed by atoms with van der Waals surface area (Å²) < 4.78 is 21.9. The molecule has 1 amide bonds. The van der Waals surface area contributed by atoms with E-state index in [-0.39, 0.29) is 23.6 Å². The lowest BCUT2D eigenvalue weighted by molar-refractivity contribution is -0.105. The van der Waals surface area contributed by atoms with Crippen LogP contribution in [0, 0.1) is 12.7 Å². The Morgan fingerprint density at radius 3 is 2.22 bits per heavy atom. The predicted molar refractivity (Wildman–Crippen MR) is 190 cm³/mol. The average molecular weight is 653 g/mol. The van der Waals surface area contributed by atoms with Crippen LogP contribution in [0.1, 0.15) is 114 Å². The third-order valence-electron chi connectivity index (χ3n) is 9.09. The normalized spacial score (nSPS) is 14.0. The molecule has 3 rings (SSSR count). The second kappa shape index (κ2) is 16.5. The van der Waals surface area contributed by atoms with Crippen molar-refractivity contribution in [1.29, 1.82) is 0 Å². The molecule has 0 saturated carbocycles. The zero-order chi connectivity index (χ0) is 33.3. The molecule has 3 aromatic carbocycles. The number of anilines is 1. The molecule has 242 valence electrons. The molecule has 0 fully saturated rings. The zero-order valence-corrected chi connectivity index (χ0v) is 29.3. The minimum Gasteiger partial charge on any atom is -0.483 e. The SMILES string of the molecule is C=C(C)C(CCC)(CCC)Oc1ccc(Cl)cc1C(C/C(C)=C/C)C(c1ccc(Cl)cc1NC=O)C(C)c1cc(F)ccc1C. The van der Waals surface area contributed by atoms with Gasteiger partial charge in [-0.2, -0.15) is 0 Å². The van der Waals surface area contributed by atoms with Crippen molar-refractivity contribution < 1.29 is 13.9 Å². The topological polar surface area (TPSA) is 38.3 Å². The predicted octanol–water partition coefficient (Wildman–Crippen LogP) is 12.3. The van der Waals surface area contributed by atoms with E-state index in [9.17, 15) is 9.18 Å². The van der Waals surface area contributed by atoms with Crippen molar-refractivity contribution in [2.75, 3.05) is 5.32 Å². The standard InChI is InChI=1S/C39H48Cl2FNO2/c1-9-18-39(19-10-2,25(4)5)45-37-17-14-29(40)21-34(37)35(20-26(6)11-3)38(28(8)33-23-31(42)15-12-27(33)7)32-16-13-30(41)22-36(32)43-24-44/h11-17,21-24,28,35,38H,4,9-10,18-20H2,1-3,5-8H3,(H,43,44)/b26-11+. The van der Waals surface area contributed by atoms with Crippen LogP contribution in [0.2, 0.25) is 10.0 Å². The second-order valence-electron chi connectivity index (χ2n) is 12.3. The highest BCUT2D eigenvalue weighted by Gasteiger charge is 2.38. The number of rotatable bonds is 16. The molecule has 0 aliphatic heterocycles. The number of carbonyl (C=O) groups is 1. The van der Waals surface area contributed by atoms with Crippen molar-refractivity contribution in [3.05, 3.63) is 117 Å². The number of benzene rings is 3. The van der Waals surface area contributed by atoms with Gasteiger partial charge in [0, 0.05) is 15.7 Å². The van der Waals surface area contributed by atoms with E-state index in [4.69, 9.17) is 27.9 Å². The lowest BCUT2D eigenvalue weighted by Gasteiger charge is -2.39. The van der Waals surface area contributed by atoms with Gasteiger partial charge in [0.25, 0.3) is 0 Å². The lowest BCUT2D eigenvalue weighted by atomic mass is 9.69. The Morgan fingerprint density at radius 2 is 1.62 bits per heavy atom. The molecule has 1 N–H and O–H groups in total. The number of ether oxygens (including phenoxy) is 1. The summed E-state index contributed by atoms with van der Waals surface area (Å²) in [4.78, 5) is 11.8. The zero-order valence-electron chi connectivity index (χ0n) is 27.8. The fraction of sp³-hybridized carbons (Fsp3) is 0.410. The average Bonchev–Trinajstić information content (AvgIpc) is 2.99. The number of amides is 1. The first-order chi connectivity index (χ1) is 21.4. The van der Waals surface area contributed by atoms with Gasteiger partial charge in [-0.05, 0) is 135 Å². The molecule has 0 aliphatic carbocycles. The van der Waals surface area contributed by atoms with Gasteiger partial charge in [0.15, 0.2) is 0 Å². The van der Waals surface area contributed by atoms with Gasteiger partial charge in [-0.15, -0.1) is 0 Å². The Hall–Kier alpha value is -3.08. The summed E-state index contributed by atoms with van der Waals surface area (Å²) in [5.74, 6) is -0.121. The minimum atomic E-state index is -0.531. The monoisotopic (exact) mass is 651 g/mol. The van der Waals surface area contributed by atoms with Crippen molar-refractivity contribution >= 4 is 35.3 Å². The van der Waals surface area contributed by atoms with Gasteiger partial charge >= 0.3 is 0 Å². The van der Waals surface area contributed by atoms with Gasteiger partial charge in [0.1, 0.15) is 17.2 Å². The number of hydrogen-bond donors (Lipinski definition) is 1. The summed E-state index contributed by atoms with van der Waals surface area (Å²) in [6.45, 7) is 19.0. The van der Waals surface area contributed by atoms with Crippen LogP contribution in [-0.4, -0.2) is 12.0 Å². The molecule has 0 radical (unpaired) electrons. The second-order valence-corrected chi connectivity index (χ2v) is 13.2. The van der Waals surface area contributed by atoms with Crippen LogP contribution < -0.4 is 10.1 Å². The van der Waals surface area contributed by atoms with E-state index in [1.165, 1.54) is 11.6 Å². The number of allylic oxidation sites excluding steroid dienone is 2. The first-order valence-corrected chi connectivity index (χ1v) is 16.7. The first kappa shape index (κ1) is 36.4. The quantitative estimate of drug-likeness (QED) is 0.124.